The number of Topliss-reactive ketones (excluding diaryl/α,β-unsaturated/α-hetero) is 1. The maximum absolute atomic E-state index is 12.9. The molecule has 9 nitrogen and oxygen atoms in total. The van der Waals surface area contributed by atoms with Crippen molar-refractivity contribution in [2.45, 2.75) is 6.54 Å². The average molecular weight is 400 g/mol. The smallest absolute Gasteiger partial charge is 0.330 e. The summed E-state index contributed by atoms with van der Waals surface area (Å²) in [5.41, 5.74) is 0.863. The Hall–Kier alpha value is -3.82. The number of hydrogen-bond donors (Lipinski definition) is 0. The summed E-state index contributed by atoms with van der Waals surface area (Å²) >= 11 is 0. The first kappa shape index (κ1) is 19.9. The van der Waals surface area contributed by atoms with Gasteiger partial charge in [-0.05, 0) is 47.7 Å². The van der Waals surface area contributed by atoms with Crippen molar-refractivity contribution in [1.82, 2.24) is 20.2 Å². The lowest BCUT2D eigenvalue weighted by molar-refractivity contribution is -0.143. The Kier molecular flexibility index (Phi) is 6.12. The Balaban J connectivity index is 1.59. The molecule has 0 saturated carbocycles. The molecule has 0 saturated heterocycles. The van der Waals surface area contributed by atoms with Crippen LogP contribution in [0.5, 0.6) is 11.5 Å². The van der Waals surface area contributed by atoms with Gasteiger partial charge in [-0.3, -0.25) is 4.79 Å². The highest BCUT2D eigenvalue weighted by Gasteiger charge is 2.14. The minimum Gasteiger partial charge on any atom is -0.493 e. The molecular weight excluding hydrogens is 383 g/mol. The summed E-state index contributed by atoms with van der Waals surface area (Å²) in [6.07, 6.45) is 0. The van der Waals surface area contributed by atoms with Crippen molar-refractivity contribution in [2.75, 3.05) is 20.8 Å². The molecule has 0 aliphatic heterocycles. The van der Waals surface area contributed by atoms with E-state index in [1.807, 2.05) is 0 Å². The van der Waals surface area contributed by atoms with Crippen molar-refractivity contribution in [2.24, 2.45) is 0 Å². The van der Waals surface area contributed by atoms with Gasteiger partial charge in [0, 0.05) is 11.1 Å². The molecule has 2 aromatic carbocycles. The monoisotopic (exact) mass is 400 g/mol. The summed E-state index contributed by atoms with van der Waals surface area (Å²) in [4.78, 5) is 24.9. The zero-order valence-electron chi connectivity index (χ0n) is 15.7. The highest BCUT2D eigenvalue weighted by molar-refractivity contribution is 5.97. The van der Waals surface area contributed by atoms with Gasteiger partial charge in [0.05, 0.1) is 14.2 Å². The van der Waals surface area contributed by atoms with E-state index in [4.69, 9.17) is 14.2 Å². The van der Waals surface area contributed by atoms with Gasteiger partial charge in [0.1, 0.15) is 5.82 Å². The molecule has 0 aliphatic rings. The molecule has 3 aromatic rings. The van der Waals surface area contributed by atoms with Crippen LogP contribution in [0.4, 0.5) is 4.39 Å². The highest BCUT2D eigenvalue weighted by Crippen LogP contribution is 2.30. The van der Waals surface area contributed by atoms with Gasteiger partial charge < -0.3 is 14.2 Å². The summed E-state index contributed by atoms with van der Waals surface area (Å²) in [7, 11) is 3.04. The van der Waals surface area contributed by atoms with E-state index in [9.17, 15) is 14.0 Å². The first-order chi connectivity index (χ1) is 14.0. The molecule has 0 N–H and O–H groups in total. The van der Waals surface area contributed by atoms with Crippen molar-refractivity contribution >= 4 is 11.8 Å². The van der Waals surface area contributed by atoms with Gasteiger partial charge in [0.2, 0.25) is 5.82 Å². The molecule has 0 atom stereocenters. The molecule has 150 valence electrons. The van der Waals surface area contributed by atoms with Crippen LogP contribution in [0, 0.1) is 5.82 Å². The summed E-state index contributed by atoms with van der Waals surface area (Å²) in [5, 5.41) is 11.8. The zero-order chi connectivity index (χ0) is 20.8. The number of halogens is 1. The van der Waals surface area contributed by atoms with E-state index in [2.05, 4.69) is 15.4 Å². The fraction of sp³-hybridized carbons (Fsp3) is 0.211. The van der Waals surface area contributed by atoms with Crippen LogP contribution in [-0.2, 0) is 16.1 Å². The van der Waals surface area contributed by atoms with Crippen molar-refractivity contribution in [3.8, 4) is 22.9 Å². The molecular formula is C19H17FN4O5. The Morgan fingerprint density at radius 1 is 1.03 bits per heavy atom. The first-order valence-corrected chi connectivity index (χ1v) is 8.44. The third kappa shape index (κ3) is 4.92. The van der Waals surface area contributed by atoms with E-state index in [0.717, 1.165) is 16.9 Å². The van der Waals surface area contributed by atoms with Crippen LogP contribution in [0.25, 0.3) is 11.4 Å². The lowest BCUT2D eigenvalue weighted by Gasteiger charge is -2.07. The van der Waals surface area contributed by atoms with Crippen LogP contribution >= 0.6 is 0 Å². The van der Waals surface area contributed by atoms with Crippen molar-refractivity contribution in [3.63, 3.8) is 0 Å². The quantitative estimate of drug-likeness (QED) is 0.417. The van der Waals surface area contributed by atoms with Crippen molar-refractivity contribution in [3.05, 3.63) is 53.8 Å². The number of benzene rings is 2. The second kappa shape index (κ2) is 8.91. The Morgan fingerprint density at radius 3 is 2.45 bits per heavy atom. The van der Waals surface area contributed by atoms with E-state index in [0.29, 0.717) is 17.1 Å². The molecule has 1 heterocycles. The van der Waals surface area contributed by atoms with Gasteiger partial charge in [-0.25, -0.2) is 9.18 Å². The van der Waals surface area contributed by atoms with Crippen LogP contribution in [-0.4, -0.2) is 52.8 Å². The Bertz CT molecular complexity index is 1020. The molecule has 0 fully saturated rings. The molecule has 0 aliphatic carbocycles. The molecule has 1 aromatic heterocycles. The Labute approximate surface area is 165 Å². The third-order valence-electron chi connectivity index (χ3n) is 3.90. The van der Waals surface area contributed by atoms with E-state index >= 15 is 0 Å². The van der Waals surface area contributed by atoms with E-state index in [-0.39, 0.29) is 17.9 Å². The van der Waals surface area contributed by atoms with Crippen LogP contribution < -0.4 is 9.47 Å². The second-order valence-electron chi connectivity index (χ2n) is 5.80. The second-order valence-corrected chi connectivity index (χ2v) is 5.80. The number of ether oxygens (including phenoxy) is 3. The minimum atomic E-state index is -0.711. The van der Waals surface area contributed by atoms with Crippen LogP contribution in [0.3, 0.4) is 0 Å². The lowest BCUT2D eigenvalue weighted by Crippen LogP contribution is -2.19. The number of carbonyl (C=O) groups excluding carboxylic acids is 2. The van der Waals surface area contributed by atoms with E-state index < -0.39 is 24.2 Å². The maximum Gasteiger partial charge on any atom is 0.330 e. The predicted octanol–water partition coefficient (Wildman–Crippen LogP) is 1.92. The van der Waals surface area contributed by atoms with Crippen LogP contribution in [0.2, 0.25) is 0 Å². The number of esters is 1. The minimum absolute atomic E-state index is 0.244. The van der Waals surface area contributed by atoms with Gasteiger partial charge in [-0.15, -0.1) is 10.2 Å². The van der Waals surface area contributed by atoms with E-state index in [1.165, 1.54) is 26.4 Å². The fourth-order valence-electron chi connectivity index (χ4n) is 2.43. The zero-order valence-corrected chi connectivity index (χ0v) is 15.7. The summed E-state index contributed by atoms with van der Waals surface area (Å²) in [6.45, 7) is -0.793. The first-order valence-electron chi connectivity index (χ1n) is 8.44. The number of ketones is 1. The van der Waals surface area contributed by atoms with E-state index in [1.54, 1.807) is 18.2 Å². The normalized spacial score (nSPS) is 10.4. The highest BCUT2D eigenvalue weighted by atomic mass is 19.1. The SMILES string of the molecule is COc1ccc(-c2nnn(CC(=O)OCC(=O)c3ccc(F)cc3)n2)cc1OC. The number of tetrazole rings is 1. The number of rotatable bonds is 8. The molecule has 3 rings (SSSR count). The summed E-state index contributed by atoms with van der Waals surface area (Å²) < 4.78 is 28.2. The molecule has 0 spiro atoms. The third-order valence-corrected chi connectivity index (χ3v) is 3.90. The van der Waals surface area contributed by atoms with Crippen LogP contribution in [0.15, 0.2) is 42.5 Å². The average Bonchev–Trinajstić information content (AvgIpc) is 3.20. The number of methoxy groups -OCH3 is 2. The predicted molar refractivity (Wildman–Crippen MR) is 98.0 cm³/mol. The van der Waals surface area contributed by atoms with Gasteiger partial charge in [0.15, 0.2) is 30.4 Å². The maximum atomic E-state index is 12.9. The number of nitrogens with zero attached hydrogens (tertiary/aromatic N) is 4. The van der Waals surface area contributed by atoms with Gasteiger partial charge in [-0.1, -0.05) is 0 Å². The summed E-state index contributed by atoms with van der Waals surface area (Å²) in [6, 6.07) is 10.1. The molecule has 0 amide bonds. The van der Waals surface area contributed by atoms with Crippen LogP contribution in [0.1, 0.15) is 10.4 Å². The molecule has 0 unspecified atom stereocenters. The summed E-state index contributed by atoms with van der Waals surface area (Å²) in [5.74, 6) is -0.284. The molecule has 0 radical (unpaired) electrons. The van der Waals surface area contributed by atoms with Crippen molar-refractivity contribution < 1.29 is 28.2 Å². The number of carbonyl (C=O) groups is 2. The van der Waals surface area contributed by atoms with Crippen molar-refractivity contribution in [1.29, 1.82) is 0 Å². The topological polar surface area (TPSA) is 105 Å². The molecule has 29 heavy (non-hydrogen) atoms. The Morgan fingerprint density at radius 2 is 1.76 bits per heavy atom. The molecule has 10 heteroatoms. The standard InChI is InChI=1S/C19H17FN4O5/c1-27-16-8-5-13(9-17(16)28-2)19-21-23-24(22-19)10-18(26)29-11-15(25)12-3-6-14(20)7-4-12/h3-9H,10-11H2,1-2H3. The fourth-order valence-corrected chi connectivity index (χ4v) is 2.43. The molecule has 0 bridgehead atoms. The van der Waals surface area contributed by atoms with Gasteiger partial charge >= 0.3 is 5.97 Å². The van der Waals surface area contributed by atoms with Gasteiger partial charge in [0.25, 0.3) is 0 Å². The largest absolute Gasteiger partial charge is 0.493 e. The lowest BCUT2D eigenvalue weighted by atomic mass is 10.1. The number of hydrogen-bond acceptors (Lipinski definition) is 8. The number of aromatic nitrogens is 4. The van der Waals surface area contributed by atoms with Gasteiger partial charge in [-0.2, -0.15) is 4.80 Å².